The molecule has 0 bridgehead atoms. The minimum atomic E-state index is -0.960. The van der Waals surface area contributed by atoms with Crippen molar-refractivity contribution in [3.05, 3.63) is 29.8 Å². The first-order valence-corrected chi connectivity index (χ1v) is 8.75. The van der Waals surface area contributed by atoms with Gasteiger partial charge in [-0.15, -0.1) is 0 Å². The summed E-state index contributed by atoms with van der Waals surface area (Å²) < 4.78 is 17.8. The van der Waals surface area contributed by atoms with E-state index in [0.717, 1.165) is 43.4 Å². The van der Waals surface area contributed by atoms with Crippen LogP contribution in [0.2, 0.25) is 0 Å². The number of ether oxygens (including phenoxy) is 1. The lowest BCUT2D eigenvalue weighted by atomic mass is 10.1. The van der Waals surface area contributed by atoms with Crippen molar-refractivity contribution >= 4 is 16.8 Å². The van der Waals surface area contributed by atoms with Gasteiger partial charge in [0.2, 0.25) is 0 Å². The number of carboxylic acid groups (broad SMARTS) is 1. The normalized spacial score (nSPS) is 22.1. The second kappa shape index (κ2) is 6.28. The highest BCUT2D eigenvalue weighted by Gasteiger charge is 2.30. The molecule has 2 aliphatic carbocycles. The third kappa shape index (κ3) is 3.52. The topological polar surface area (TPSA) is 63.6 Å². The van der Waals surface area contributed by atoms with Gasteiger partial charge in [-0.25, -0.2) is 4.79 Å². The molecular formula is C16H20O4S. The number of rotatable bonds is 6. The number of benzene rings is 1. The van der Waals surface area contributed by atoms with Gasteiger partial charge in [0, 0.05) is 10.1 Å². The van der Waals surface area contributed by atoms with Crippen molar-refractivity contribution in [1.29, 1.82) is 0 Å². The van der Waals surface area contributed by atoms with Crippen LogP contribution in [0.3, 0.4) is 0 Å². The van der Waals surface area contributed by atoms with Crippen molar-refractivity contribution in [2.24, 2.45) is 0 Å². The van der Waals surface area contributed by atoms with Crippen LogP contribution in [-0.2, 0) is 20.3 Å². The number of hydrogen-bond donors (Lipinski definition) is 1. The minimum absolute atomic E-state index is 0.0476. The molecule has 3 rings (SSSR count). The molecule has 0 radical (unpaired) electrons. The van der Waals surface area contributed by atoms with E-state index in [1.165, 1.54) is 0 Å². The number of aliphatic carboxylic acids is 1. The third-order valence-electron chi connectivity index (χ3n) is 4.10. The van der Waals surface area contributed by atoms with Gasteiger partial charge in [-0.2, -0.15) is 0 Å². The number of hydrogen-bond acceptors (Lipinski definition) is 3. The van der Waals surface area contributed by atoms with Crippen molar-refractivity contribution in [1.82, 2.24) is 0 Å². The average molecular weight is 308 g/mol. The summed E-state index contributed by atoms with van der Waals surface area (Å²) >= 11 is 0. The zero-order valence-electron chi connectivity index (χ0n) is 11.9. The van der Waals surface area contributed by atoms with Gasteiger partial charge in [0.1, 0.15) is 0 Å². The van der Waals surface area contributed by atoms with Crippen molar-refractivity contribution in [2.75, 3.05) is 0 Å². The van der Waals surface area contributed by atoms with Gasteiger partial charge in [0.25, 0.3) is 0 Å². The summed E-state index contributed by atoms with van der Waals surface area (Å²) in [5, 5.41) is 9.67. The first-order chi connectivity index (χ1) is 10.1. The Balaban J connectivity index is 1.72. The molecule has 1 aromatic carbocycles. The lowest BCUT2D eigenvalue weighted by Crippen LogP contribution is -2.21. The number of carboxylic acids is 1. The molecule has 0 heterocycles. The smallest absolute Gasteiger partial charge is 0.337 e. The minimum Gasteiger partial charge on any atom is -0.479 e. The van der Waals surface area contributed by atoms with E-state index >= 15 is 0 Å². The van der Waals surface area contributed by atoms with E-state index in [-0.39, 0.29) is 6.10 Å². The van der Waals surface area contributed by atoms with Gasteiger partial charge in [-0.05, 0) is 43.4 Å². The summed E-state index contributed by atoms with van der Waals surface area (Å²) in [6.07, 6.45) is 5.27. The number of carbonyl (C=O) groups is 1. The molecule has 2 aliphatic rings. The van der Waals surface area contributed by atoms with Crippen LogP contribution in [0.15, 0.2) is 29.2 Å². The van der Waals surface area contributed by atoms with Crippen molar-refractivity contribution in [3.63, 3.8) is 0 Å². The summed E-state index contributed by atoms with van der Waals surface area (Å²) in [5.74, 6) is -0.960. The second-order valence-corrected chi connectivity index (χ2v) is 7.56. The van der Waals surface area contributed by atoms with Crippen LogP contribution in [0.25, 0.3) is 0 Å². The molecular weight excluding hydrogens is 288 g/mol. The van der Waals surface area contributed by atoms with E-state index < -0.39 is 22.9 Å². The molecule has 2 unspecified atom stereocenters. The van der Waals surface area contributed by atoms with Gasteiger partial charge >= 0.3 is 5.97 Å². The summed E-state index contributed by atoms with van der Waals surface area (Å²) in [4.78, 5) is 12.2. The maximum Gasteiger partial charge on any atom is 0.337 e. The molecule has 21 heavy (non-hydrogen) atoms. The zero-order chi connectivity index (χ0) is 14.8. The molecule has 2 fully saturated rings. The van der Waals surface area contributed by atoms with E-state index in [2.05, 4.69) is 0 Å². The van der Waals surface area contributed by atoms with Crippen LogP contribution in [0.5, 0.6) is 0 Å². The van der Waals surface area contributed by atoms with Crippen LogP contribution < -0.4 is 0 Å². The van der Waals surface area contributed by atoms with Gasteiger partial charge < -0.3 is 9.84 Å². The monoisotopic (exact) mass is 308 g/mol. The highest BCUT2D eigenvalue weighted by atomic mass is 32.2. The molecule has 1 N–H and O–H groups in total. The average Bonchev–Trinajstić information content (AvgIpc) is 3.21. The summed E-state index contributed by atoms with van der Waals surface area (Å²) in [6, 6.07) is 7.03. The molecule has 0 aromatic heterocycles. The fraction of sp³-hybridized carbons (Fsp3) is 0.562. The molecule has 2 saturated carbocycles. The van der Waals surface area contributed by atoms with Crippen molar-refractivity contribution in [3.8, 4) is 0 Å². The molecule has 0 saturated heterocycles. The highest BCUT2D eigenvalue weighted by Crippen LogP contribution is 2.32. The maximum absolute atomic E-state index is 12.1. The van der Waals surface area contributed by atoms with Crippen LogP contribution in [0.4, 0.5) is 0 Å². The molecule has 1 aromatic rings. The van der Waals surface area contributed by atoms with E-state index in [1.807, 2.05) is 0 Å². The second-order valence-electron chi connectivity index (χ2n) is 5.83. The Morgan fingerprint density at radius 2 is 1.76 bits per heavy atom. The SMILES string of the molecule is O=C(O)C(OC1CCCC1)c1ccc(S(=O)C2CC2)cc1. The molecule has 5 heteroatoms. The Morgan fingerprint density at radius 1 is 1.14 bits per heavy atom. The molecule has 114 valence electrons. The Morgan fingerprint density at radius 3 is 2.29 bits per heavy atom. The van der Waals surface area contributed by atoms with E-state index in [1.54, 1.807) is 24.3 Å². The fourth-order valence-corrected chi connectivity index (χ4v) is 4.10. The van der Waals surface area contributed by atoms with E-state index in [4.69, 9.17) is 4.74 Å². The molecule has 0 aliphatic heterocycles. The largest absolute Gasteiger partial charge is 0.479 e. The van der Waals surface area contributed by atoms with Crippen molar-refractivity contribution < 1.29 is 18.8 Å². The third-order valence-corrected chi connectivity index (χ3v) is 5.91. The first-order valence-electron chi connectivity index (χ1n) is 7.54. The summed E-state index contributed by atoms with van der Waals surface area (Å²) in [6.45, 7) is 0. The van der Waals surface area contributed by atoms with Gasteiger partial charge in [-0.3, -0.25) is 4.21 Å². The fourth-order valence-electron chi connectivity index (χ4n) is 2.75. The standard InChI is InChI=1S/C16H20O4S/c17-16(18)15(20-12-3-1-2-4-12)11-5-7-13(8-6-11)21(19)14-9-10-14/h5-8,12,14-15H,1-4,9-10H2,(H,17,18). The van der Waals surface area contributed by atoms with Crippen LogP contribution in [0.1, 0.15) is 50.2 Å². The quantitative estimate of drug-likeness (QED) is 0.877. The van der Waals surface area contributed by atoms with Crippen LogP contribution in [0, 0.1) is 0 Å². The Bertz CT molecular complexity index is 530. The zero-order valence-corrected chi connectivity index (χ0v) is 12.7. The molecule has 4 nitrogen and oxygen atoms in total. The lowest BCUT2D eigenvalue weighted by Gasteiger charge is -2.19. The van der Waals surface area contributed by atoms with Crippen LogP contribution >= 0.6 is 0 Å². The Labute approximate surface area is 127 Å². The molecule has 0 amide bonds. The van der Waals surface area contributed by atoms with Gasteiger partial charge in [0.05, 0.1) is 16.9 Å². The highest BCUT2D eigenvalue weighted by molar-refractivity contribution is 7.86. The Kier molecular flexibility index (Phi) is 4.40. The summed E-state index contributed by atoms with van der Waals surface area (Å²) in [7, 11) is -0.948. The van der Waals surface area contributed by atoms with E-state index in [0.29, 0.717) is 10.8 Å². The predicted molar refractivity (Wildman–Crippen MR) is 79.6 cm³/mol. The van der Waals surface area contributed by atoms with Gasteiger partial charge in [-0.1, -0.05) is 25.0 Å². The van der Waals surface area contributed by atoms with Crippen molar-refractivity contribution in [2.45, 2.75) is 60.9 Å². The lowest BCUT2D eigenvalue weighted by molar-refractivity contribution is -0.154. The summed E-state index contributed by atoms with van der Waals surface area (Å²) in [5.41, 5.74) is 0.631. The molecule has 0 spiro atoms. The van der Waals surface area contributed by atoms with E-state index in [9.17, 15) is 14.1 Å². The maximum atomic E-state index is 12.1. The molecule has 2 atom stereocenters. The van der Waals surface area contributed by atoms with Gasteiger partial charge in [0.15, 0.2) is 6.10 Å². The Hall–Kier alpha value is -1.20. The first kappa shape index (κ1) is 14.7. The predicted octanol–water partition coefficient (Wildman–Crippen LogP) is 3.04. The van der Waals surface area contributed by atoms with Crippen LogP contribution in [-0.4, -0.2) is 26.6 Å².